The minimum Gasteiger partial charge on any atom is -0.434 e. The first kappa shape index (κ1) is 10.5. The molecule has 0 bridgehead atoms. The highest BCUT2D eigenvalue weighted by atomic mass is 16.3. The van der Waals surface area contributed by atoms with Crippen LogP contribution in [0.15, 0.2) is 47.0 Å². The van der Waals surface area contributed by atoms with Crippen LogP contribution in [0.5, 0.6) is 0 Å². The van der Waals surface area contributed by atoms with Crippen molar-refractivity contribution in [2.24, 2.45) is 0 Å². The Morgan fingerprint density at radius 2 is 2.06 bits per heavy atom. The molecule has 18 heavy (non-hydrogen) atoms. The van der Waals surface area contributed by atoms with Gasteiger partial charge in [-0.2, -0.15) is 4.98 Å². The van der Waals surface area contributed by atoms with Gasteiger partial charge in [0.2, 0.25) is 12.3 Å². The van der Waals surface area contributed by atoms with Gasteiger partial charge < -0.3 is 9.73 Å². The summed E-state index contributed by atoms with van der Waals surface area (Å²) in [5.41, 5.74) is 2.54. The summed E-state index contributed by atoms with van der Waals surface area (Å²) in [4.78, 5) is 19.0. The van der Waals surface area contributed by atoms with Gasteiger partial charge in [-0.3, -0.25) is 4.79 Å². The van der Waals surface area contributed by atoms with E-state index in [1.54, 1.807) is 24.4 Å². The van der Waals surface area contributed by atoms with Gasteiger partial charge in [0, 0.05) is 6.20 Å². The number of para-hydroxylation sites is 1. The van der Waals surface area contributed by atoms with Crippen molar-refractivity contribution < 1.29 is 9.21 Å². The summed E-state index contributed by atoms with van der Waals surface area (Å²) in [6.45, 7) is 0. The van der Waals surface area contributed by atoms with Crippen molar-refractivity contribution in [2.75, 3.05) is 5.32 Å². The van der Waals surface area contributed by atoms with Gasteiger partial charge in [-0.25, -0.2) is 4.98 Å². The second kappa shape index (κ2) is 4.29. The third-order valence-electron chi connectivity index (χ3n) is 2.54. The van der Waals surface area contributed by atoms with Crippen molar-refractivity contribution in [2.45, 2.75) is 0 Å². The van der Waals surface area contributed by atoms with E-state index < -0.39 is 0 Å². The number of oxazole rings is 1. The number of pyridine rings is 1. The van der Waals surface area contributed by atoms with E-state index in [1.807, 2.05) is 18.2 Å². The van der Waals surface area contributed by atoms with Crippen LogP contribution >= 0.6 is 0 Å². The molecule has 0 radical (unpaired) electrons. The lowest BCUT2D eigenvalue weighted by Crippen LogP contribution is -1.95. The maximum Gasteiger partial charge on any atom is 0.230 e. The average molecular weight is 239 g/mol. The molecule has 88 valence electrons. The van der Waals surface area contributed by atoms with Gasteiger partial charge in [0.15, 0.2) is 11.2 Å². The molecule has 0 atom stereocenters. The topological polar surface area (TPSA) is 68.0 Å². The van der Waals surface area contributed by atoms with Crippen molar-refractivity contribution in [3.8, 4) is 11.5 Å². The Kier molecular flexibility index (Phi) is 2.49. The summed E-state index contributed by atoms with van der Waals surface area (Å²) in [6.07, 6.45) is 2.28. The summed E-state index contributed by atoms with van der Waals surface area (Å²) >= 11 is 0. The molecule has 0 aliphatic carbocycles. The number of nitrogens with zero attached hydrogens (tertiary/aromatic N) is 2. The Morgan fingerprint density at radius 3 is 2.89 bits per heavy atom. The Balaban J connectivity index is 2.16. The number of hydrogen-bond donors (Lipinski definition) is 1. The maximum absolute atomic E-state index is 10.6. The molecule has 0 spiro atoms. The van der Waals surface area contributed by atoms with Crippen LogP contribution in [-0.2, 0) is 4.79 Å². The number of aromatic nitrogens is 2. The average Bonchev–Trinajstić information content (AvgIpc) is 2.83. The summed E-state index contributed by atoms with van der Waals surface area (Å²) in [5.74, 6) is 0.439. The molecule has 1 amide bonds. The van der Waals surface area contributed by atoms with E-state index in [0.29, 0.717) is 29.2 Å². The van der Waals surface area contributed by atoms with Crippen molar-refractivity contribution in [3.05, 3.63) is 42.6 Å². The Labute approximate surface area is 102 Å². The Bertz CT molecular complexity index is 673. The predicted octanol–water partition coefficient (Wildman–Crippen LogP) is 2.46. The molecule has 5 heteroatoms. The van der Waals surface area contributed by atoms with E-state index in [1.165, 1.54) is 0 Å². The molecule has 0 aliphatic rings. The first-order valence-electron chi connectivity index (χ1n) is 5.39. The number of carbonyl (C=O) groups excluding carboxylic acids is 1. The number of amides is 1. The second-order valence-corrected chi connectivity index (χ2v) is 3.65. The maximum atomic E-state index is 10.6. The molecular formula is C13H9N3O2. The largest absolute Gasteiger partial charge is 0.434 e. The van der Waals surface area contributed by atoms with Crippen LogP contribution in [0.25, 0.3) is 22.7 Å². The molecule has 1 N–H and O–H groups in total. The summed E-state index contributed by atoms with van der Waals surface area (Å²) < 4.78 is 5.61. The fourth-order valence-electron chi connectivity index (χ4n) is 1.74. The van der Waals surface area contributed by atoms with E-state index in [0.717, 1.165) is 5.56 Å². The summed E-state index contributed by atoms with van der Waals surface area (Å²) in [5, 5.41) is 2.62. The van der Waals surface area contributed by atoms with Crippen LogP contribution < -0.4 is 5.32 Å². The Hall–Kier alpha value is -2.69. The van der Waals surface area contributed by atoms with Crippen LogP contribution in [0.4, 0.5) is 5.69 Å². The third-order valence-corrected chi connectivity index (χ3v) is 2.54. The number of benzene rings is 1. The molecule has 1 aromatic carbocycles. The molecule has 3 aromatic rings. The highest BCUT2D eigenvalue weighted by molar-refractivity contribution is 5.84. The first-order chi connectivity index (χ1) is 8.88. The summed E-state index contributed by atoms with van der Waals surface area (Å²) in [7, 11) is 0. The van der Waals surface area contributed by atoms with Gasteiger partial charge in [-0.15, -0.1) is 0 Å². The smallest absolute Gasteiger partial charge is 0.230 e. The molecule has 0 saturated carbocycles. The van der Waals surface area contributed by atoms with E-state index >= 15 is 0 Å². The zero-order chi connectivity index (χ0) is 12.4. The van der Waals surface area contributed by atoms with E-state index in [4.69, 9.17) is 4.42 Å². The molecule has 0 fully saturated rings. The van der Waals surface area contributed by atoms with Crippen LogP contribution in [-0.4, -0.2) is 16.4 Å². The number of hydrogen-bond acceptors (Lipinski definition) is 4. The highest BCUT2D eigenvalue weighted by Crippen LogP contribution is 2.28. The fourth-order valence-corrected chi connectivity index (χ4v) is 1.74. The SMILES string of the molecule is O=CNc1ccccc1-c1nc2ncccc2o1. The lowest BCUT2D eigenvalue weighted by molar-refractivity contribution is -0.105. The zero-order valence-electron chi connectivity index (χ0n) is 9.33. The van der Waals surface area contributed by atoms with Crippen LogP contribution in [0, 0.1) is 0 Å². The van der Waals surface area contributed by atoms with Gasteiger partial charge in [-0.1, -0.05) is 12.1 Å². The molecule has 3 rings (SSSR count). The van der Waals surface area contributed by atoms with Crippen molar-refractivity contribution >= 4 is 23.3 Å². The third kappa shape index (κ3) is 1.71. The van der Waals surface area contributed by atoms with E-state index in [2.05, 4.69) is 15.3 Å². The molecular weight excluding hydrogens is 230 g/mol. The van der Waals surface area contributed by atoms with Crippen LogP contribution in [0.1, 0.15) is 0 Å². The minimum absolute atomic E-state index is 0.439. The lowest BCUT2D eigenvalue weighted by Gasteiger charge is -2.03. The molecule has 0 unspecified atom stereocenters. The fraction of sp³-hybridized carbons (Fsp3) is 0. The van der Waals surface area contributed by atoms with Gasteiger partial charge >= 0.3 is 0 Å². The Morgan fingerprint density at radius 1 is 1.17 bits per heavy atom. The number of nitrogens with one attached hydrogen (secondary N) is 1. The van der Waals surface area contributed by atoms with Gasteiger partial charge in [0.05, 0.1) is 11.3 Å². The van der Waals surface area contributed by atoms with Crippen molar-refractivity contribution in [3.63, 3.8) is 0 Å². The molecule has 0 saturated heterocycles. The van der Waals surface area contributed by atoms with E-state index in [9.17, 15) is 4.79 Å². The molecule has 0 aliphatic heterocycles. The lowest BCUT2D eigenvalue weighted by atomic mass is 10.2. The monoisotopic (exact) mass is 239 g/mol. The number of fused-ring (bicyclic) bond motifs is 1. The minimum atomic E-state index is 0.439. The van der Waals surface area contributed by atoms with Gasteiger partial charge in [0.25, 0.3) is 0 Å². The number of anilines is 1. The normalized spacial score (nSPS) is 10.4. The number of carbonyl (C=O) groups is 1. The molecule has 2 aromatic heterocycles. The van der Waals surface area contributed by atoms with Crippen LogP contribution in [0.2, 0.25) is 0 Å². The van der Waals surface area contributed by atoms with E-state index in [-0.39, 0.29) is 0 Å². The first-order valence-corrected chi connectivity index (χ1v) is 5.39. The van der Waals surface area contributed by atoms with Crippen molar-refractivity contribution in [1.29, 1.82) is 0 Å². The quantitative estimate of drug-likeness (QED) is 0.713. The molecule has 2 heterocycles. The number of rotatable bonds is 3. The summed E-state index contributed by atoms with van der Waals surface area (Å²) in [6, 6.07) is 10.9. The van der Waals surface area contributed by atoms with Crippen LogP contribution in [0.3, 0.4) is 0 Å². The zero-order valence-corrected chi connectivity index (χ0v) is 9.33. The predicted molar refractivity (Wildman–Crippen MR) is 66.9 cm³/mol. The van der Waals surface area contributed by atoms with Gasteiger partial charge in [0.1, 0.15) is 0 Å². The second-order valence-electron chi connectivity index (χ2n) is 3.65. The standard InChI is InChI=1S/C13H9N3O2/c17-8-15-10-5-2-1-4-9(10)13-16-12-11(18-13)6-3-7-14-12/h1-8H,(H,15,17). The highest BCUT2D eigenvalue weighted by Gasteiger charge is 2.11. The molecule has 5 nitrogen and oxygen atoms in total. The van der Waals surface area contributed by atoms with Gasteiger partial charge in [-0.05, 0) is 24.3 Å². The van der Waals surface area contributed by atoms with Crippen molar-refractivity contribution in [1.82, 2.24) is 9.97 Å².